The maximum Gasteiger partial charge on any atom is 0.280 e. The van der Waals surface area contributed by atoms with Crippen LogP contribution in [0.3, 0.4) is 0 Å². The van der Waals surface area contributed by atoms with Gasteiger partial charge in [0.2, 0.25) is 0 Å². The van der Waals surface area contributed by atoms with E-state index in [0.717, 1.165) is 0 Å². The summed E-state index contributed by atoms with van der Waals surface area (Å²) in [7, 11) is 1.70. The molecule has 2 heterocycles. The molecule has 0 aliphatic carbocycles. The van der Waals surface area contributed by atoms with Crippen LogP contribution in [0.2, 0.25) is 0 Å². The predicted octanol–water partition coefficient (Wildman–Crippen LogP) is -0.106. The third kappa shape index (κ3) is 2.22. The fourth-order valence-electron chi connectivity index (χ4n) is 1.60. The summed E-state index contributed by atoms with van der Waals surface area (Å²) in [4.78, 5) is 22.7. The van der Waals surface area contributed by atoms with Gasteiger partial charge >= 0.3 is 0 Å². The number of aryl methyl sites for hydroxylation is 2. The van der Waals surface area contributed by atoms with Crippen LogP contribution in [0.1, 0.15) is 19.8 Å². The average Bonchev–Trinajstić information content (AvgIpc) is 2.64. The Hall–Kier alpha value is -2.05. The molecule has 90 valence electrons. The summed E-state index contributed by atoms with van der Waals surface area (Å²) in [6, 6.07) is 0. The van der Waals surface area contributed by atoms with Crippen molar-refractivity contribution in [3.05, 3.63) is 16.6 Å². The molecule has 0 aliphatic rings. The molecule has 0 fully saturated rings. The van der Waals surface area contributed by atoms with Crippen molar-refractivity contribution >= 4 is 16.8 Å². The number of carbonyl (C=O) groups is 1. The van der Waals surface area contributed by atoms with E-state index in [2.05, 4.69) is 15.4 Å². The molecule has 0 radical (unpaired) electrons. The lowest BCUT2D eigenvalue weighted by molar-refractivity contribution is -0.117. The molecule has 2 rings (SSSR count). The Labute approximate surface area is 97.0 Å². The molecule has 0 aromatic carbocycles. The van der Waals surface area contributed by atoms with Crippen molar-refractivity contribution in [3.63, 3.8) is 0 Å². The SMILES string of the molecule is CC(=O)CCCn1nnc2c(cnn2C)c1=O. The molecule has 17 heavy (non-hydrogen) atoms. The van der Waals surface area contributed by atoms with E-state index >= 15 is 0 Å². The lowest BCUT2D eigenvalue weighted by Gasteiger charge is -2.01. The highest BCUT2D eigenvalue weighted by atomic mass is 16.1. The second-order valence-corrected chi connectivity index (χ2v) is 3.93. The lowest BCUT2D eigenvalue weighted by atomic mass is 10.2. The molecule has 0 spiro atoms. The zero-order valence-corrected chi connectivity index (χ0v) is 9.75. The molecule has 0 atom stereocenters. The minimum absolute atomic E-state index is 0.105. The topological polar surface area (TPSA) is 82.7 Å². The van der Waals surface area contributed by atoms with Gasteiger partial charge in [-0.1, -0.05) is 5.21 Å². The molecule has 0 unspecified atom stereocenters. The molecule has 7 heteroatoms. The number of carbonyl (C=O) groups excluding carboxylic acids is 1. The van der Waals surface area contributed by atoms with Crippen LogP contribution >= 0.6 is 0 Å². The third-order valence-electron chi connectivity index (χ3n) is 2.52. The molecular formula is C10H13N5O2. The molecule has 0 aliphatic heterocycles. The summed E-state index contributed by atoms with van der Waals surface area (Å²) >= 11 is 0. The van der Waals surface area contributed by atoms with Gasteiger partial charge in [-0.05, 0) is 13.3 Å². The molecule has 0 N–H and O–H groups in total. The monoisotopic (exact) mass is 235 g/mol. The zero-order valence-electron chi connectivity index (χ0n) is 9.75. The molecular weight excluding hydrogens is 222 g/mol. The Kier molecular flexibility index (Phi) is 2.99. The summed E-state index contributed by atoms with van der Waals surface area (Å²) in [5.74, 6) is 0.105. The van der Waals surface area contributed by atoms with Gasteiger partial charge < -0.3 is 4.79 Å². The van der Waals surface area contributed by atoms with E-state index < -0.39 is 0 Å². The van der Waals surface area contributed by atoms with Gasteiger partial charge in [0.25, 0.3) is 5.56 Å². The molecule has 0 bridgehead atoms. The maximum absolute atomic E-state index is 11.9. The molecule has 0 amide bonds. The first-order valence-corrected chi connectivity index (χ1v) is 5.34. The largest absolute Gasteiger partial charge is 0.300 e. The van der Waals surface area contributed by atoms with Gasteiger partial charge in [0, 0.05) is 20.0 Å². The Bertz CT molecular complexity index is 613. The van der Waals surface area contributed by atoms with E-state index in [1.165, 1.54) is 22.5 Å². The van der Waals surface area contributed by atoms with E-state index in [9.17, 15) is 9.59 Å². The number of Topliss-reactive ketones (excluding diaryl/α,β-unsaturated/α-hetero) is 1. The number of rotatable bonds is 4. The summed E-state index contributed by atoms with van der Waals surface area (Å²) in [5.41, 5.74) is 0.254. The van der Waals surface area contributed by atoms with Gasteiger partial charge in [-0.2, -0.15) is 5.10 Å². The first-order valence-electron chi connectivity index (χ1n) is 5.34. The van der Waals surface area contributed by atoms with Crippen LogP contribution in [0.25, 0.3) is 11.0 Å². The predicted molar refractivity (Wildman–Crippen MR) is 60.5 cm³/mol. The van der Waals surface area contributed by atoms with E-state index in [-0.39, 0.29) is 11.3 Å². The lowest BCUT2D eigenvalue weighted by Crippen LogP contribution is -2.24. The highest BCUT2D eigenvalue weighted by molar-refractivity contribution is 5.75. The summed E-state index contributed by atoms with van der Waals surface area (Å²) in [5, 5.41) is 12.1. The number of hydrogen-bond donors (Lipinski definition) is 0. The Balaban J connectivity index is 2.27. The van der Waals surface area contributed by atoms with Crippen LogP contribution in [0.15, 0.2) is 11.0 Å². The normalized spacial score (nSPS) is 10.9. The molecule has 0 saturated carbocycles. The standard InChI is InChI=1S/C10H13N5O2/c1-7(16)4-3-5-15-10(17)8-6-11-14(2)9(8)12-13-15/h6H,3-5H2,1-2H3. The van der Waals surface area contributed by atoms with Crippen LogP contribution in [-0.2, 0) is 18.4 Å². The minimum atomic E-state index is -0.216. The van der Waals surface area contributed by atoms with E-state index in [1.54, 1.807) is 7.05 Å². The van der Waals surface area contributed by atoms with Gasteiger partial charge in [-0.3, -0.25) is 4.79 Å². The molecule has 0 saturated heterocycles. The smallest absolute Gasteiger partial charge is 0.280 e. The number of aromatic nitrogens is 5. The Morgan fingerprint density at radius 2 is 2.24 bits per heavy atom. The van der Waals surface area contributed by atoms with Gasteiger partial charge in [0.1, 0.15) is 11.2 Å². The van der Waals surface area contributed by atoms with Crippen LogP contribution in [0.4, 0.5) is 0 Å². The summed E-state index contributed by atoms with van der Waals surface area (Å²) in [6.45, 7) is 1.93. The van der Waals surface area contributed by atoms with E-state index in [4.69, 9.17) is 0 Å². The highest BCUT2D eigenvalue weighted by Gasteiger charge is 2.09. The van der Waals surface area contributed by atoms with Crippen molar-refractivity contribution in [2.24, 2.45) is 7.05 Å². The molecule has 2 aromatic rings. The molecule has 2 aromatic heterocycles. The number of nitrogens with zero attached hydrogens (tertiary/aromatic N) is 5. The summed E-state index contributed by atoms with van der Waals surface area (Å²) < 4.78 is 2.77. The Morgan fingerprint density at radius 3 is 2.94 bits per heavy atom. The minimum Gasteiger partial charge on any atom is -0.300 e. The quantitative estimate of drug-likeness (QED) is 0.738. The maximum atomic E-state index is 11.9. The van der Waals surface area contributed by atoms with Crippen molar-refractivity contribution in [2.75, 3.05) is 0 Å². The van der Waals surface area contributed by atoms with Gasteiger partial charge in [0.15, 0.2) is 5.65 Å². The molecule has 7 nitrogen and oxygen atoms in total. The number of ketones is 1. The highest BCUT2D eigenvalue weighted by Crippen LogP contribution is 2.02. The van der Waals surface area contributed by atoms with Crippen LogP contribution in [0, 0.1) is 0 Å². The van der Waals surface area contributed by atoms with Crippen LogP contribution in [0.5, 0.6) is 0 Å². The Morgan fingerprint density at radius 1 is 1.47 bits per heavy atom. The van der Waals surface area contributed by atoms with Gasteiger partial charge in [-0.25, -0.2) is 9.36 Å². The first-order chi connectivity index (χ1) is 8.09. The summed E-state index contributed by atoms with van der Waals surface area (Å²) in [6.07, 6.45) is 2.52. The fourth-order valence-corrected chi connectivity index (χ4v) is 1.60. The second kappa shape index (κ2) is 4.44. The second-order valence-electron chi connectivity index (χ2n) is 3.93. The van der Waals surface area contributed by atoms with Crippen molar-refractivity contribution < 1.29 is 4.79 Å². The van der Waals surface area contributed by atoms with Gasteiger partial charge in [0.05, 0.1) is 6.20 Å². The average molecular weight is 235 g/mol. The van der Waals surface area contributed by atoms with Crippen molar-refractivity contribution in [3.8, 4) is 0 Å². The zero-order chi connectivity index (χ0) is 12.4. The van der Waals surface area contributed by atoms with Crippen molar-refractivity contribution in [1.29, 1.82) is 0 Å². The van der Waals surface area contributed by atoms with E-state index in [0.29, 0.717) is 30.4 Å². The van der Waals surface area contributed by atoms with Gasteiger partial charge in [-0.15, -0.1) is 5.10 Å². The first kappa shape index (κ1) is 11.4. The van der Waals surface area contributed by atoms with Crippen LogP contribution < -0.4 is 5.56 Å². The fraction of sp³-hybridized carbons (Fsp3) is 0.500. The van der Waals surface area contributed by atoms with E-state index in [1.807, 2.05) is 0 Å². The van der Waals surface area contributed by atoms with Crippen molar-refractivity contribution in [1.82, 2.24) is 24.8 Å². The van der Waals surface area contributed by atoms with Crippen molar-refractivity contribution in [2.45, 2.75) is 26.3 Å². The third-order valence-corrected chi connectivity index (χ3v) is 2.52. The van der Waals surface area contributed by atoms with Crippen LogP contribution in [-0.4, -0.2) is 30.6 Å². The number of hydrogen-bond acceptors (Lipinski definition) is 5. The number of fused-ring (bicyclic) bond motifs is 1.